The van der Waals surface area contributed by atoms with Crippen LogP contribution in [0, 0.1) is 0 Å². The highest BCUT2D eigenvalue weighted by molar-refractivity contribution is 5.79. The van der Waals surface area contributed by atoms with E-state index in [4.69, 9.17) is 0 Å². The molecule has 0 bridgehead atoms. The Balaban J connectivity index is 3.89. The van der Waals surface area contributed by atoms with Gasteiger partial charge < -0.3 is 5.32 Å². The van der Waals surface area contributed by atoms with E-state index in [0.29, 0.717) is 0 Å². The van der Waals surface area contributed by atoms with Gasteiger partial charge in [-0.15, -0.1) is 0 Å². The minimum Gasteiger partial charge on any atom is -0.377 e. The third-order valence-electron chi connectivity index (χ3n) is 1.48. The second kappa shape index (κ2) is 5.96. The summed E-state index contributed by atoms with van der Waals surface area (Å²) >= 11 is 0. The van der Waals surface area contributed by atoms with Crippen LogP contribution >= 0.6 is 0 Å². The SMILES string of the molecule is CCC/C(C)=C/N=C(/C)NC. The Hall–Kier alpha value is -0.790. The summed E-state index contributed by atoms with van der Waals surface area (Å²) in [5.74, 6) is 0.959. The lowest BCUT2D eigenvalue weighted by atomic mass is 10.2. The van der Waals surface area contributed by atoms with Gasteiger partial charge in [-0.25, -0.2) is 4.99 Å². The molecule has 0 amide bonds. The Bertz CT molecular complexity index is 157. The molecule has 0 aliphatic rings. The lowest BCUT2D eigenvalue weighted by Crippen LogP contribution is -2.12. The number of aliphatic imine (C=N–C) groups is 1. The summed E-state index contributed by atoms with van der Waals surface area (Å²) in [4.78, 5) is 4.20. The first-order valence-corrected chi connectivity index (χ1v) is 4.08. The Labute approximate surface area is 69.4 Å². The van der Waals surface area contributed by atoms with Gasteiger partial charge >= 0.3 is 0 Å². The topological polar surface area (TPSA) is 24.4 Å². The summed E-state index contributed by atoms with van der Waals surface area (Å²) in [5.41, 5.74) is 1.34. The maximum atomic E-state index is 4.20. The average molecular weight is 154 g/mol. The second-order valence-electron chi connectivity index (χ2n) is 2.69. The van der Waals surface area contributed by atoms with Gasteiger partial charge in [0.15, 0.2) is 0 Å². The van der Waals surface area contributed by atoms with E-state index < -0.39 is 0 Å². The number of rotatable bonds is 3. The van der Waals surface area contributed by atoms with Crippen LogP contribution < -0.4 is 5.32 Å². The molecule has 0 atom stereocenters. The van der Waals surface area contributed by atoms with Crippen LogP contribution in [-0.4, -0.2) is 12.9 Å². The molecule has 0 aliphatic carbocycles. The highest BCUT2D eigenvalue weighted by Gasteiger charge is 1.85. The molecular weight excluding hydrogens is 136 g/mol. The molecule has 0 aromatic heterocycles. The second-order valence-corrected chi connectivity index (χ2v) is 2.69. The fourth-order valence-corrected chi connectivity index (χ4v) is 0.730. The van der Waals surface area contributed by atoms with Gasteiger partial charge in [0, 0.05) is 13.2 Å². The first-order valence-electron chi connectivity index (χ1n) is 4.08. The van der Waals surface area contributed by atoms with Crippen LogP contribution in [0.25, 0.3) is 0 Å². The molecule has 64 valence electrons. The standard InChI is InChI=1S/C9H18N2/c1-5-6-8(2)7-11-9(3)10-4/h7H,5-6H2,1-4H3,(H,10,11)/b8-7+. The van der Waals surface area contributed by atoms with E-state index in [1.165, 1.54) is 12.0 Å². The number of allylic oxidation sites excluding steroid dienone is 1. The minimum absolute atomic E-state index is 0.959. The van der Waals surface area contributed by atoms with Crippen molar-refractivity contribution in [2.24, 2.45) is 4.99 Å². The predicted octanol–water partition coefficient (Wildman–Crippen LogP) is 2.33. The van der Waals surface area contributed by atoms with E-state index >= 15 is 0 Å². The normalized spacial score (nSPS) is 13.5. The van der Waals surface area contributed by atoms with Crippen molar-refractivity contribution in [2.45, 2.75) is 33.6 Å². The summed E-state index contributed by atoms with van der Waals surface area (Å²) < 4.78 is 0. The van der Waals surface area contributed by atoms with Gasteiger partial charge in [-0.3, -0.25) is 0 Å². The molecule has 0 unspecified atom stereocenters. The van der Waals surface area contributed by atoms with Gasteiger partial charge in [0.2, 0.25) is 0 Å². The maximum Gasteiger partial charge on any atom is 0.0980 e. The average Bonchev–Trinajstić information content (AvgIpc) is 2.01. The summed E-state index contributed by atoms with van der Waals surface area (Å²) in [6.45, 7) is 6.23. The Morgan fingerprint density at radius 2 is 2.09 bits per heavy atom. The van der Waals surface area contributed by atoms with Crippen molar-refractivity contribution in [2.75, 3.05) is 7.05 Å². The maximum absolute atomic E-state index is 4.20. The van der Waals surface area contributed by atoms with Gasteiger partial charge in [0.05, 0.1) is 5.84 Å². The Kier molecular flexibility index (Phi) is 5.53. The van der Waals surface area contributed by atoms with E-state index in [-0.39, 0.29) is 0 Å². The smallest absolute Gasteiger partial charge is 0.0980 e. The third-order valence-corrected chi connectivity index (χ3v) is 1.48. The van der Waals surface area contributed by atoms with Crippen LogP contribution in [0.15, 0.2) is 16.8 Å². The number of hydrogen-bond donors (Lipinski definition) is 1. The van der Waals surface area contributed by atoms with E-state index in [0.717, 1.165) is 12.3 Å². The van der Waals surface area contributed by atoms with Gasteiger partial charge in [0.25, 0.3) is 0 Å². The molecule has 0 heterocycles. The van der Waals surface area contributed by atoms with Crippen LogP contribution in [0.3, 0.4) is 0 Å². The summed E-state index contributed by atoms with van der Waals surface area (Å²) in [5, 5.41) is 2.97. The first kappa shape index (κ1) is 10.2. The first-order chi connectivity index (χ1) is 5.20. The molecule has 0 fully saturated rings. The molecule has 2 heteroatoms. The number of nitrogens with zero attached hydrogens (tertiary/aromatic N) is 1. The van der Waals surface area contributed by atoms with Gasteiger partial charge in [0.1, 0.15) is 0 Å². The molecule has 0 radical (unpaired) electrons. The predicted molar refractivity (Wildman–Crippen MR) is 50.8 cm³/mol. The zero-order valence-electron chi connectivity index (χ0n) is 7.94. The largest absolute Gasteiger partial charge is 0.377 e. The van der Waals surface area contributed by atoms with Crippen molar-refractivity contribution in [3.8, 4) is 0 Å². The lowest BCUT2D eigenvalue weighted by Gasteiger charge is -1.96. The van der Waals surface area contributed by atoms with Crippen LogP contribution in [0.2, 0.25) is 0 Å². The third kappa shape index (κ3) is 5.64. The zero-order chi connectivity index (χ0) is 8.69. The van der Waals surface area contributed by atoms with Crippen LogP contribution in [0.4, 0.5) is 0 Å². The molecule has 0 saturated heterocycles. The lowest BCUT2D eigenvalue weighted by molar-refractivity contribution is 0.901. The molecule has 2 nitrogen and oxygen atoms in total. The number of hydrogen-bond acceptors (Lipinski definition) is 1. The molecule has 11 heavy (non-hydrogen) atoms. The van der Waals surface area contributed by atoms with Crippen molar-refractivity contribution in [3.63, 3.8) is 0 Å². The fourth-order valence-electron chi connectivity index (χ4n) is 0.730. The van der Waals surface area contributed by atoms with Gasteiger partial charge in [-0.05, 0) is 20.3 Å². The Morgan fingerprint density at radius 1 is 1.45 bits per heavy atom. The van der Waals surface area contributed by atoms with E-state index in [1.54, 1.807) is 0 Å². The van der Waals surface area contributed by atoms with Crippen molar-refractivity contribution in [1.82, 2.24) is 5.32 Å². The summed E-state index contributed by atoms with van der Waals surface area (Å²) in [7, 11) is 1.88. The van der Waals surface area contributed by atoms with E-state index in [2.05, 4.69) is 24.2 Å². The van der Waals surface area contributed by atoms with Crippen molar-refractivity contribution in [3.05, 3.63) is 11.8 Å². The molecular formula is C9H18N2. The van der Waals surface area contributed by atoms with E-state index in [1.807, 2.05) is 20.2 Å². The van der Waals surface area contributed by atoms with Crippen molar-refractivity contribution < 1.29 is 0 Å². The fraction of sp³-hybridized carbons (Fsp3) is 0.667. The molecule has 0 rings (SSSR count). The van der Waals surface area contributed by atoms with Gasteiger partial charge in [-0.1, -0.05) is 18.9 Å². The molecule has 0 spiro atoms. The molecule has 0 aromatic carbocycles. The molecule has 0 aliphatic heterocycles. The Morgan fingerprint density at radius 3 is 2.55 bits per heavy atom. The highest BCUT2D eigenvalue weighted by atomic mass is 14.9. The van der Waals surface area contributed by atoms with Crippen LogP contribution in [0.5, 0.6) is 0 Å². The van der Waals surface area contributed by atoms with Crippen LogP contribution in [0.1, 0.15) is 33.6 Å². The minimum atomic E-state index is 0.959. The molecule has 0 saturated carbocycles. The summed E-state index contributed by atoms with van der Waals surface area (Å²) in [6.07, 6.45) is 4.26. The van der Waals surface area contributed by atoms with Crippen molar-refractivity contribution in [1.29, 1.82) is 0 Å². The van der Waals surface area contributed by atoms with Gasteiger partial charge in [-0.2, -0.15) is 0 Å². The summed E-state index contributed by atoms with van der Waals surface area (Å²) in [6, 6.07) is 0. The van der Waals surface area contributed by atoms with E-state index in [9.17, 15) is 0 Å². The highest BCUT2D eigenvalue weighted by Crippen LogP contribution is 2.02. The number of nitrogens with one attached hydrogen (secondary N) is 1. The zero-order valence-corrected chi connectivity index (χ0v) is 7.94. The van der Waals surface area contributed by atoms with Crippen LogP contribution in [-0.2, 0) is 0 Å². The number of amidine groups is 1. The molecule has 1 N–H and O–H groups in total. The molecule has 0 aromatic rings. The monoisotopic (exact) mass is 154 g/mol. The quantitative estimate of drug-likeness (QED) is 0.489. The van der Waals surface area contributed by atoms with Crippen molar-refractivity contribution >= 4 is 5.84 Å².